The molecule has 1 atom stereocenters. The topological polar surface area (TPSA) is 72.4 Å². The van der Waals surface area contributed by atoms with Gasteiger partial charge in [-0.2, -0.15) is 4.39 Å². The van der Waals surface area contributed by atoms with E-state index in [0.717, 1.165) is 12.5 Å². The minimum Gasteiger partial charge on any atom is -0.365 e. The van der Waals surface area contributed by atoms with Crippen LogP contribution in [0.5, 0.6) is 0 Å². The first-order chi connectivity index (χ1) is 8.47. The number of nitro groups is 1. The van der Waals surface area contributed by atoms with Crippen molar-refractivity contribution in [3.8, 4) is 0 Å². The fourth-order valence-electron chi connectivity index (χ4n) is 2.34. The Hall–Kier alpha value is -1.69. The third kappa shape index (κ3) is 2.15. The molecule has 1 aliphatic rings. The molecule has 1 aromatic carbocycles. The van der Waals surface area contributed by atoms with Gasteiger partial charge in [0.05, 0.1) is 4.92 Å². The Morgan fingerprint density at radius 2 is 2.33 bits per heavy atom. The standard InChI is InChI=1S/C12H16FN3O2/c1-12(7-14)5-6-15(8-12)10-4-2-3-9(13)11(10)16(17)18/h2-4H,5-8,14H2,1H3. The molecule has 1 aromatic rings. The van der Waals surface area contributed by atoms with Crippen LogP contribution in [0.15, 0.2) is 18.2 Å². The van der Waals surface area contributed by atoms with Crippen molar-refractivity contribution in [1.82, 2.24) is 0 Å². The second kappa shape index (κ2) is 4.53. The Bertz CT molecular complexity index is 480. The number of halogens is 1. The third-order valence-corrected chi connectivity index (χ3v) is 3.54. The fourth-order valence-corrected chi connectivity index (χ4v) is 2.34. The molecule has 1 saturated heterocycles. The van der Waals surface area contributed by atoms with Crippen LogP contribution in [0.3, 0.4) is 0 Å². The Morgan fingerprint density at radius 1 is 1.61 bits per heavy atom. The summed E-state index contributed by atoms with van der Waals surface area (Å²) in [7, 11) is 0. The molecule has 0 radical (unpaired) electrons. The first-order valence-electron chi connectivity index (χ1n) is 5.85. The maximum Gasteiger partial charge on any atom is 0.327 e. The van der Waals surface area contributed by atoms with Gasteiger partial charge in [0, 0.05) is 13.1 Å². The van der Waals surface area contributed by atoms with E-state index in [1.54, 1.807) is 6.07 Å². The van der Waals surface area contributed by atoms with Crippen LogP contribution < -0.4 is 10.6 Å². The van der Waals surface area contributed by atoms with Gasteiger partial charge in [-0.25, -0.2) is 0 Å². The van der Waals surface area contributed by atoms with Crippen molar-refractivity contribution in [2.75, 3.05) is 24.5 Å². The van der Waals surface area contributed by atoms with Crippen LogP contribution in [-0.2, 0) is 0 Å². The van der Waals surface area contributed by atoms with E-state index in [1.807, 2.05) is 11.8 Å². The van der Waals surface area contributed by atoms with Gasteiger partial charge < -0.3 is 10.6 Å². The van der Waals surface area contributed by atoms with Crippen LogP contribution in [0.25, 0.3) is 0 Å². The second-order valence-corrected chi connectivity index (χ2v) is 5.05. The van der Waals surface area contributed by atoms with Crippen LogP contribution in [0.4, 0.5) is 15.8 Å². The number of nitrogens with zero attached hydrogens (tertiary/aromatic N) is 2. The molecule has 1 unspecified atom stereocenters. The molecule has 0 bridgehead atoms. The summed E-state index contributed by atoms with van der Waals surface area (Å²) in [5.41, 5.74) is 5.55. The smallest absolute Gasteiger partial charge is 0.327 e. The van der Waals surface area contributed by atoms with E-state index in [2.05, 4.69) is 0 Å². The third-order valence-electron chi connectivity index (χ3n) is 3.54. The summed E-state index contributed by atoms with van der Waals surface area (Å²) >= 11 is 0. The maximum atomic E-state index is 13.5. The van der Waals surface area contributed by atoms with Gasteiger partial charge in [0.2, 0.25) is 5.82 Å². The summed E-state index contributed by atoms with van der Waals surface area (Å²) in [4.78, 5) is 12.1. The van der Waals surface area contributed by atoms with Crippen molar-refractivity contribution in [3.63, 3.8) is 0 Å². The minimum atomic E-state index is -0.793. The summed E-state index contributed by atoms with van der Waals surface area (Å²) in [5, 5.41) is 10.9. The lowest BCUT2D eigenvalue weighted by molar-refractivity contribution is -0.386. The van der Waals surface area contributed by atoms with Gasteiger partial charge in [-0.05, 0) is 30.5 Å². The van der Waals surface area contributed by atoms with E-state index in [9.17, 15) is 14.5 Å². The SMILES string of the molecule is CC1(CN)CCN(c2cccc(F)c2[N+](=O)[O-])C1. The van der Waals surface area contributed by atoms with E-state index in [0.29, 0.717) is 25.3 Å². The Balaban J connectivity index is 2.36. The van der Waals surface area contributed by atoms with Gasteiger partial charge in [0.1, 0.15) is 5.69 Å². The van der Waals surface area contributed by atoms with Crippen molar-refractivity contribution < 1.29 is 9.31 Å². The van der Waals surface area contributed by atoms with Gasteiger partial charge in [-0.15, -0.1) is 0 Å². The van der Waals surface area contributed by atoms with Crippen molar-refractivity contribution >= 4 is 11.4 Å². The second-order valence-electron chi connectivity index (χ2n) is 5.05. The zero-order chi connectivity index (χ0) is 13.3. The van der Waals surface area contributed by atoms with Crippen molar-refractivity contribution in [2.45, 2.75) is 13.3 Å². The molecular formula is C12H16FN3O2. The van der Waals surface area contributed by atoms with Gasteiger partial charge in [-0.3, -0.25) is 10.1 Å². The molecule has 0 amide bonds. The van der Waals surface area contributed by atoms with Crippen molar-refractivity contribution in [2.24, 2.45) is 11.1 Å². The summed E-state index contributed by atoms with van der Waals surface area (Å²) in [6, 6.07) is 4.19. The average Bonchev–Trinajstić information content (AvgIpc) is 2.72. The number of anilines is 1. The molecule has 1 aliphatic heterocycles. The number of benzene rings is 1. The summed E-state index contributed by atoms with van der Waals surface area (Å²) < 4.78 is 13.5. The molecule has 98 valence electrons. The highest BCUT2D eigenvalue weighted by atomic mass is 19.1. The zero-order valence-electron chi connectivity index (χ0n) is 10.2. The molecule has 2 rings (SSSR count). The van der Waals surface area contributed by atoms with Gasteiger partial charge in [-0.1, -0.05) is 13.0 Å². The molecule has 6 heteroatoms. The molecular weight excluding hydrogens is 237 g/mol. The summed E-state index contributed by atoms with van der Waals surface area (Å²) in [6.07, 6.45) is 0.858. The Morgan fingerprint density at radius 3 is 2.89 bits per heavy atom. The van der Waals surface area contributed by atoms with E-state index in [-0.39, 0.29) is 5.41 Å². The van der Waals surface area contributed by atoms with E-state index < -0.39 is 16.4 Å². The molecule has 18 heavy (non-hydrogen) atoms. The molecule has 0 aromatic heterocycles. The molecule has 5 nitrogen and oxygen atoms in total. The van der Waals surface area contributed by atoms with Gasteiger partial charge in [0.15, 0.2) is 0 Å². The van der Waals surface area contributed by atoms with E-state index in [4.69, 9.17) is 5.73 Å². The molecule has 1 fully saturated rings. The van der Waals surface area contributed by atoms with Crippen molar-refractivity contribution in [3.05, 3.63) is 34.1 Å². The average molecular weight is 253 g/mol. The lowest BCUT2D eigenvalue weighted by Gasteiger charge is -2.23. The molecule has 2 N–H and O–H groups in total. The van der Waals surface area contributed by atoms with E-state index >= 15 is 0 Å². The van der Waals surface area contributed by atoms with Gasteiger partial charge in [0.25, 0.3) is 0 Å². The summed E-state index contributed by atoms with van der Waals surface area (Å²) in [6.45, 7) is 3.84. The molecule has 0 spiro atoms. The number of nitro benzene ring substituents is 1. The first kappa shape index (κ1) is 12.8. The summed E-state index contributed by atoms with van der Waals surface area (Å²) in [5.74, 6) is -0.793. The lowest BCUT2D eigenvalue weighted by Crippen LogP contribution is -2.31. The number of rotatable bonds is 3. The fraction of sp³-hybridized carbons (Fsp3) is 0.500. The van der Waals surface area contributed by atoms with Crippen LogP contribution in [0.1, 0.15) is 13.3 Å². The minimum absolute atomic E-state index is 0.0554. The Labute approximate surface area is 105 Å². The number of para-hydroxylation sites is 1. The van der Waals surface area contributed by atoms with E-state index in [1.165, 1.54) is 6.07 Å². The Kier molecular flexibility index (Phi) is 3.21. The van der Waals surface area contributed by atoms with Crippen LogP contribution in [-0.4, -0.2) is 24.6 Å². The van der Waals surface area contributed by atoms with Crippen LogP contribution >= 0.6 is 0 Å². The maximum absolute atomic E-state index is 13.5. The van der Waals surface area contributed by atoms with Gasteiger partial charge >= 0.3 is 5.69 Å². The number of hydrogen-bond donors (Lipinski definition) is 1. The predicted molar refractivity (Wildman–Crippen MR) is 67.0 cm³/mol. The quantitative estimate of drug-likeness (QED) is 0.659. The van der Waals surface area contributed by atoms with Crippen LogP contribution in [0.2, 0.25) is 0 Å². The van der Waals surface area contributed by atoms with Crippen LogP contribution in [0, 0.1) is 21.3 Å². The van der Waals surface area contributed by atoms with Crippen molar-refractivity contribution in [1.29, 1.82) is 0 Å². The molecule has 0 saturated carbocycles. The highest BCUT2D eigenvalue weighted by Gasteiger charge is 2.35. The highest BCUT2D eigenvalue weighted by Crippen LogP contribution is 2.37. The largest absolute Gasteiger partial charge is 0.365 e. The number of nitrogens with two attached hydrogens (primary N) is 1. The molecule has 0 aliphatic carbocycles. The lowest BCUT2D eigenvalue weighted by atomic mass is 9.90. The number of hydrogen-bond acceptors (Lipinski definition) is 4. The first-order valence-corrected chi connectivity index (χ1v) is 5.85. The zero-order valence-corrected chi connectivity index (χ0v) is 10.2. The normalized spacial score (nSPS) is 23.4. The highest BCUT2D eigenvalue weighted by molar-refractivity contribution is 5.64. The predicted octanol–water partition coefficient (Wildman–Crippen LogP) is 1.91. The molecule has 1 heterocycles. The monoisotopic (exact) mass is 253 g/mol.